The van der Waals surface area contributed by atoms with Crippen molar-refractivity contribution in [3.05, 3.63) is 60.9 Å². The number of pyridine rings is 1. The minimum Gasteiger partial charge on any atom is -0.493 e. The number of nitrogens with zero attached hydrogens (tertiary/aromatic N) is 4. The summed E-state index contributed by atoms with van der Waals surface area (Å²) in [6.07, 6.45) is 3.20. The van der Waals surface area contributed by atoms with Crippen molar-refractivity contribution in [1.82, 2.24) is 19.9 Å². The fourth-order valence-corrected chi connectivity index (χ4v) is 4.66. The van der Waals surface area contributed by atoms with E-state index in [-0.39, 0.29) is 5.75 Å². The zero-order chi connectivity index (χ0) is 28.7. The van der Waals surface area contributed by atoms with Gasteiger partial charge in [0.05, 0.1) is 31.1 Å². The monoisotopic (exact) mass is 568 g/mol. The van der Waals surface area contributed by atoms with Gasteiger partial charge in [-0.3, -0.25) is 4.98 Å². The number of anilines is 4. The highest BCUT2D eigenvalue weighted by Crippen LogP contribution is 2.32. The van der Waals surface area contributed by atoms with Crippen molar-refractivity contribution in [2.45, 2.75) is 32.0 Å². The largest absolute Gasteiger partial charge is 0.573 e. The smallest absolute Gasteiger partial charge is 0.493 e. The van der Waals surface area contributed by atoms with Crippen LogP contribution in [0.1, 0.15) is 25.7 Å². The van der Waals surface area contributed by atoms with Crippen molar-refractivity contribution in [1.29, 1.82) is 0 Å². The van der Waals surface area contributed by atoms with Gasteiger partial charge in [-0.15, -0.1) is 13.2 Å². The molecule has 2 N–H and O–H groups in total. The van der Waals surface area contributed by atoms with Crippen LogP contribution in [-0.4, -0.2) is 59.6 Å². The minimum atomic E-state index is -4.77. The summed E-state index contributed by atoms with van der Waals surface area (Å²) < 4.78 is 53.3. The van der Waals surface area contributed by atoms with E-state index in [1.54, 1.807) is 31.6 Å². The van der Waals surface area contributed by atoms with Crippen molar-refractivity contribution >= 4 is 34.0 Å². The minimum absolute atomic E-state index is 0.318. The molecule has 1 fully saturated rings. The fraction of sp³-hybridized carbons (Fsp3) is 0.345. The third-order valence-corrected chi connectivity index (χ3v) is 6.56. The summed E-state index contributed by atoms with van der Waals surface area (Å²) in [5, 5.41) is 6.74. The molecule has 0 radical (unpaired) electrons. The van der Waals surface area contributed by atoms with Crippen LogP contribution in [0.5, 0.6) is 17.2 Å². The van der Waals surface area contributed by atoms with Crippen molar-refractivity contribution < 1.29 is 27.4 Å². The molecule has 0 amide bonds. The van der Waals surface area contributed by atoms with Gasteiger partial charge in [0.2, 0.25) is 5.95 Å². The first kappa shape index (κ1) is 28.2. The lowest BCUT2D eigenvalue weighted by Gasteiger charge is -2.26. The highest BCUT2D eigenvalue weighted by molar-refractivity contribution is 5.83. The highest BCUT2D eigenvalue weighted by Gasteiger charge is 2.31. The van der Waals surface area contributed by atoms with Crippen molar-refractivity contribution in [3.63, 3.8) is 0 Å². The third kappa shape index (κ3) is 8.10. The zero-order valence-electron chi connectivity index (χ0n) is 22.6. The highest BCUT2D eigenvalue weighted by atomic mass is 19.4. The molecule has 0 saturated carbocycles. The number of fused-ring (bicyclic) bond motifs is 1. The van der Waals surface area contributed by atoms with E-state index in [2.05, 4.69) is 35.2 Å². The maximum atomic E-state index is 12.6. The van der Waals surface area contributed by atoms with Crippen LogP contribution >= 0.6 is 0 Å². The molecule has 2 aromatic carbocycles. The predicted octanol–water partition coefficient (Wildman–Crippen LogP) is 6.67. The van der Waals surface area contributed by atoms with Gasteiger partial charge in [0, 0.05) is 29.9 Å². The van der Waals surface area contributed by atoms with Crippen molar-refractivity contribution in [2.75, 3.05) is 44.0 Å². The number of halogens is 3. The molecule has 1 aliphatic rings. The lowest BCUT2D eigenvalue weighted by molar-refractivity contribution is -0.274. The number of benzene rings is 2. The van der Waals surface area contributed by atoms with Gasteiger partial charge < -0.3 is 29.7 Å². The second-order valence-electron chi connectivity index (χ2n) is 9.61. The Kier molecular flexibility index (Phi) is 8.88. The average Bonchev–Trinajstić information content (AvgIpc) is 2.95. The molecule has 0 atom stereocenters. The fourth-order valence-electron chi connectivity index (χ4n) is 4.66. The quantitative estimate of drug-likeness (QED) is 0.192. The summed E-state index contributed by atoms with van der Waals surface area (Å²) in [4.78, 5) is 15.5. The molecule has 0 aliphatic carbocycles. The number of methoxy groups -OCH3 is 1. The molecule has 0 spiro atoms. The Labute approximate surface area is 235 Å². The number of alkyl halides is 3. The van der Waals surface area contributed by atoms with Crippen LogP contribution in [0.3, 0.4) is 0 Å². The van der Waals surface area contributed by atoms with Gasteiger partial charge in [0.25, 0.3) is 0 Å². The van der Waals surface area contributed by atoms with Gasteiger partial charge in [0.1, 0.15) is 11.6 Å². The first-order valence-corrected chi connectivity index (χ1v) is 13.4. The molecule has 1 saturated heterocycles. The number of hydrogen-bond acceptors (Lipinski definition) is 9. The van der Waals surface area contributed by atoms with E-state index < -0.39 is 6.36 Å². The van der Waals surface area contributed by atoms with Gasteiger partial charge in [-0.2, -0.15) is 4.98 Å². The van der Waals surface area contributed by atoms with E-state index >= 15 is 0 Å². The standard InChI is InChI=1S/C29H31F3N6O3/c1-39-26-18-21(6-9-25(26)40-15-5-14-38-12-3-2-4-13-38)36-28-33-11-10-27(37-28)35-22-16-20-17-23(41-29(30,31)32)7-8-24(20)34-19-22/h6-11,16-19H,2-5,12-15H2,1H3,(H2,33,35,36,37). The van der Waals surface area contributed by atoms with Crippen LogP contribution in [0, 0.1) is 0 Å². The van der Waals surface area contributed by atoms with Crippen LogP contribution in [0.2, 0.25) is 0 Å². The van der Waals surface area contributed by atoms with Crippen LogP contribution in [0.4, 0.5) is 36.3 Å². The second-order valence-corrected chi connectivity index (χ2v) is 9.61. The summed E-state index contributed by atoms with van der Waals surface area (Å²) in [6, 6.07) is 12.8. The van der Waals surface area contributed by atoms with Gasteiger partial charge in [0.15, 0.2) is 11.5 Å². The topological polar surface area (TPSA) is 93.7 Å². The predicted molar refractivity (Wildman–Crippen MR) is 150 cm³/mol. The summed E-state index contributed by atoms with van der Waals surface area (Å²) in [7, 11) is 1.59. The van der Waals surface area contributed by atoms with Crippen LogP contribution < -0.4 is 24.8 Å². The number of aromatic nitrogens is 3. The average molecular weight is 569 g/mol. The van der Waals surface area contributed by atoms with Crippen LogP contribution in [0.25, 0.3) is 10.9 Å². The van der Waals surface area contributed by atoms with Crippen LogP contribution in [-0.2, 0) is 0 Å². The Morgan fingerprint density at radius 3 is 2.56 bits per heavy atom. The molecule has 0 bridgehead atoms. The maximum absolute atomic E-state index is 12.6. The van der Waals surface area contributed by atoms with Crippen LogP contribution in [0.15, 0.2) is 60.9 Å². The molecule has 5 rings (SSSR count). The first-order valence-electron chi connectivity index (χ1n) is 13.4. The lowest BCUT2D eigenvalue weighted by atomic mass is 10.1. The van der Waals surface area contributed by atoms with Gasteiger partial charge in [-0.1, -0.05) is 6.42 Å². The molecule has 4 aromatic rings. The number of likely N-dealkylation sites (tertiary alicyclic amines) is 1. The number of ether oxygens (including phenoxy) is 3. The third-order valence-electron chi connectivity index (χ3n) is 6.56. The number of rotatable bonds is 11. The summed E-state index contributed by atoms with van der Waals surface area (Å²) in [6.45, 7) is 3.98. The lowest BCUT2D eigenvalue weighted by Crippen LogP contribution is -2.31. The van der Waals surface area contributed by atoms with Gasteiger partial charge >= 0.3 is 6.36 Å². The molecule has 3 heterocycles. The number of hydrogen-bond donors (Lipinski definition) is 2. The van der Waals surface area contributed by atoms with E-state index in [0.717, 1.165) is 13.0 Å². The molecule has 1 aliphatic heterocycles. The van der Waals surface area contributed by atoms with E-state index in [4.69, 9.17) is 9.47 Å². The first-order chi connectivity index (χ1) is 19.8. The molecular formula is C29H31F3N6O3. The van der Waals surface area contributed by atoms with Crippen molar-refractivity contribution in [3.8, 4) is 17.2 Å². The van der Waals surface area contributed by atoms with Crippen molar-refractivity contribution in [2.24, 2.45) is 0 Å². The Morgan fingerprint density at radius 1 is 0.902 bits per heavy atom. The maximum Gasteiger partial charge on any atom is 0.573 e. The Bertz CT molecular complexity index is 1460. The zero-order valence-corrected chi connectivity index (χ0v) is 22.6. The molecule has 0 unspecified atom stereocenters. The Balaban J connectivity index is 1.20. The Hall–Kier alpha value is -4.32. The molecule has 2 aromatic heterocycles. The van der Waals surface area contributed by atoms with E-state index in [0.29, 0.717) is 52.1 Å². The van der Waals surface area contributed by atoms with E-state index in [1.807, 2.05) is 18.2 Å². The molecule has 41 heavy (non-hydrogen) atoms. The summed E-state index contributed by atoms with van der Waals surface area (Å²) >= 11 is 0. The van der Waals surface area contributed by atoms with E-state index in [9.17, 15) is 13.2 Å². The normalized spacial score (nSPS) is 14.0. The summed E-state index contributed by atoms with van der Waals surface area (Å²) in [5.74, 6) is 1.74. The molecule has 12 heteroatoms. The molecular weight excluding hydrogens is 537 g/mol. The summed E-state index contributed by atoms with van der Waals surface area (Å²) in [5.41, 5.74) is 1.78. The van der Waals surface area contributed by atoms with Gasteiger partial charge in [-0.25, -0.2) is 4.98 Å². The molecule has 9 nitrogen and oxygen atoms in total. The SMILES string of the molecule is COc1cc(Nc2nccc(Nc3cnc4ccc(OC(F)(F)F)cc4c3)n2)ccc1OCCCN1CCCCC1. The molecule has 216 valence electrons. The van der Waals surface area contributed by atoms with Gasteiger partial charge in [-0.05, 0) is 74.8 Å². The number of piperidine rings is 1. The second kappa shape index (κ2) is 12.9. The number of nitrogens with one attached hydrogen (secondary N) is 2. The Morgan fingerprint density at radius 2 is 1.76 bits per heavy atom. The van der Waals surface area contributed by atoms with E-state index in [1.165, 1.54) is 50.6 Å².